The van der Waals surface area contributed by atoms with Crippen LogP contribution >= 0.6 is 0 Å². The molecule has 1 unspecified atom stereocenters. The molecule has 0 saturated carbocycles. The van der Waals surface area contributed by atoms with Gasteiger partial charge in [0.15, 0.2) is 11.3 Å². The first kappa shape index (κ1) is 21.9. The standard InChI is InChI=1S/C22H26N2O5S/c1-5-28-19-8-6-7-17-13-20(29-21(17)19)15(4)23-22(25)16-9-11-18(12-10-16)30(26,27)24-14(2)3/h6-15,24H,5H2,1-4H3,(H,23,25). The quantitative estimate of drug-likeness (QED) is 0.563. The molecule has 0 saturated heterocycles. The Bertz CT molecular complexity index is 1130. The molecule has 0 bridgehead atoms. The number of nitrogens with one attached hydrogen (secondary N) is 2. The van der Waals surface area contributed by atoms with Crippen LogP contribution in [0.2, 0.25) is 0 Å². The lowest BCUT2D eigenvalue weighted by molar-refractivity contribution is 0.0935. The number of carbonyl (C=O) groups is 1. The number of sulfonamides is 1. The molecule has 7 nitrogen and oxygen atoms in total. The van der Waals surface area contributed by atoms with Gasteiger partial charge in [0.1, 0.15) is 5.76 Å². The lowest BCUT2D eigenvalue weighted by Crippen LogP contribution is -2.30. The average molecular weight is 431 g/mol. The van der Waals surface area contributed by atoms with Gasteiger partial charge in [0.25, 0.3) is 5.91 Å². The molecule has 3 rings (SSSR count). The van der Waals surface area contributed by atoms with Crippen LogP contribution in [0.1, 0.15) is 49.9 Å². The van der Waals surface area contributed by atoms with Gasteiger partial charge in [0, 0.05) is 17.0 Å². The molecule has 0 aliphatic heterocycles. The molecular formula is C22H26N2O5S. The number of hydrogen-bond acceptors (Lipinski definition) is 5. The van der Waals surface area contributed by atoms with Crippen molar-refractivity contribution >= 4 is 26.9 Å². The van der Waals surface area contributed by atoms with Gasteiger partial charge in [0.05, 0.1) is 17.5 Å². The van der Waals surface area contributed by atoms with E-state index in [1.54, 1.807) is 13.8 Å². The highest BCUT2D eigenvalue weighted by atomic mass is 32.2. The Labute approximate surface area is 176 Å². The van der Waals surface area contributed by atoms with Crippen molar-refractivity contribution in [3.63, 3.8) is 0 Å². The smallest absolute Gasteiger partial charge is 0.251 e. The molecule has 0 aliphatic rings. The third-order valence-electron chi connectivity index (χ3n) is 4.42. The lowest BCUT2D eigenvalue weighted by atomic mass is 10.1. The molecule has 1 amide bonds. The first-order chi connectivity index (χ1) is 14.2. The molecule has 2 N–H and O–H groups in total. The SMILES string of the molecule is CCOc1cccc2cc(C(C)NC(=O)c3ccc(S(=O)(=O)NC(C)C)cc3)oc12. The molecule has 160 valence electrons. The number of fused-ring (bicyclic) bond motifs is 1. The predicted octanol–water partition coefficient (Wildman–Crippen LogP) is 4.01. The van der Waals surface area contributed by atoms with Gasteiger partial charge in [-0.2, -0.15) is 0 Å². The second kappa shape index (κ2) is 8.89. The van der Waals surface area contributed by atoms with Crippen LogP contribution in [-0.2, 0) is 10.0 Å². The Balaban J connectivity index is 1.74. The maximum atomic E-state index is 12.6. The van der Waals surface area contributed by atoms with Gasteiger partial charge in [-0.25, -0.2) is 13.1 Å². The lowest BCUT2D eigenvalue weighted by Gasteiger charge is -2.12. The summed E-state index contributed by atoms with van der Waals surface area (Å²) in [5.41, 5.74) is 0.999. The van der Waals surface area contributed by atoms with E-state index in [1.807, 2.05) is 38.1 Å². The van der Waals surface area contributed by atoms with Crippen LogP contribution in [-0.4, -0.2) is 27.0 Å². The molecule has 0 spiro atoms. The van der Waals surface area contributed by atoms with E-state index in [1.165, 1.54) is 24.3 Å². The number of ether oxygens (including phenoxy) is 1. The number of furan rings is 1. The normalized spacial score (nSPS) is 12.8. The minimum Gasteiger partial charge on any atom is -0.490 e. The number of hydrogen-bond donors (Lipinski definition) is 2. The topological polar surface area (TPSA) is 97.6 Å². The van der Waals surface area contributed by atoms with Crippen LogP contribution < -0.4 is 14.8 Å². The van der Waals surface area contributed by atoms with Crippen molar-refractivity contribution in [2.45, 2.75) is 44.7 Å². The van der Waals surface area contributed by atoms with Gasteiger partial charge < -0.3 is 14.5 Å². The maximum absolute atomic E-state index is 12.6. The molecule has 1 aromatic heterocycles. The fraction of sp³-hybridized carbons (Fsp3) is 0.318. The first-order valence-corrected chi connectivity index (χ1v) is 11.3. The predicted molar refractivity (Wildman–Crippen MR) is 115 cm³/mol. The third kappa shape index (κ3) is 4.83. The summed E-state index contributed by atoms with van der Waals surface area (Å²) in [4.78, 5) is 12.7. The van der Waals surface area contributed by atoms with E-state index in [4.69, 9.17) is 9.15 Å². The van der Waals surface area contributed by atoms with Crippen LogP contribution in [0.5, 0.6) is 5.75 Å². The Morgan fingerprint density at radius 3 is 2.43 bits per heavy atom. The molecule has 1 atom stereocenters. The van der Waals surface area contributed by atoms with E-state index in [0.717, 1.165) is 5.39 Å². The summed E-state index contributed by atoms with van der Waals surface area (Å²) in [5, 5.41) is 3.77. The van der Waals surface area contributed by atoms with Crippen molar-refractivity contribution in [3.8, 4) is 5.75 Å². The van der Waals surface area contributed by atoms with Gasteiger partial charge in [-0.3, -0.25) is 4.79 Å². The van der Waals surface area contributed by atoms with Crippen molar-refractivity contribution in [1.82, 2.24) is 10.0 Å². The van der Waals surface area contributed by atoms with Crippen molar-refractivity contribution in [3.05, 3.63) is 59.9 Å². The van der Waals surface area contributed by atoms with E-state index >= 15 is 0 Å². The molecule has 0 fully saturated rings. The zero-order valence-electron chi connectivity index (χ0n) is 17.4. The largest absolute Gasteiger partial charge is 0.490 e. The van der Waals surface area contributed by atoms with Crippen molar-refractivity contribution in [1.29, 1.82) is 0 Å². The first-order valence-electron chi connectivity index (χ1n) is 9.79. The van der Waals surface area contributed by atoms with Crippen LogP contribution in [0.15, 0.2) is 57.8 Å². The zero-order valence-corrected chi connectivity index (χ0v) is 18.2. The molecule has 3 aromatic rings. The van der Waals surface area contributed by atoms with Crippen molar-refractivity contribution in [2.24, 2.45) is 0 Å². The fourth-order valence-electron chi connectivity index (χ4n) is 3.05. The number of amides is 1. The summed E-state index contributed by atoms with van der Waals surface area (Å²) in [5.74, 6) is 0.936. The summed E-state index contributed by atoms with van der Waals surface area (Å²) < 4.78 is 38.4. The van der Waals surface area contributed by atoms with Gasteiger partial charge in [0.2, 0.25) is 10.0 Å². The number of carbonyl (C=O) groups excluding carboxylic acids is 1. The van der Waals surface area contributed by atoms with E-state index in [-0.39, 0.29) is 22.9 Å². The minimum absolute atomic E-state index is 0.113. The molecular weight excluding hydrogens is 404 g/mol. The average Bonchev–Trinajstić information content (AvgIpc) is 3.13. The Morgan fingerprint density at radius 2 is 1.80 bits per heavy atom. The van der Waals surface area contributed by atoms with E-state index in [9.17, 15) is 13.2 Å². The van der Waals surface area contributed by atoms with Gasteiger partial charge in [-0.15, -0.1) is 0 Å². The Kier molecular flexibility index (Phi) is 6.48. The van der Waals surface area contributed by atoms with Crippen molar-refractivity contribution < 1.29 is 22.4 Å². The summed E-state index contributed by atoms with van der Waals surface area (Å²) in [6, 6.07) is 12.7. The highest BCUT2D eigenvalue weighted by Crippen LogP contribution is 2.31. The second-order valence-corrected chi connectivity index (χ2v) is 8.97. The Hall–Kier alpha value is -2.84. The molecule has 1 heterocycles. The van der Waals surface area contributed by atoms with Crippen LogP contribution in [0, 0.1) is 0 Å². The van der Waals surface area contributed by atoms with Crippen LogP contribution in [0.25, 0.3) is 11.0 Å². The zero-order chi connectivity index (χ0) is 21.9. The molecule has 2 aromatic carbocycles. The maximum Gasteiger partial charge on any atom is 0.251 e. The number of rotatable bonds is 8. The minimum atomic E-state index is -3.60. The summed E-state index contributed by atoms with van der Waals surface area (Å²) in [6.45, 7) is 7.74. The number of benzene rings is 2. The molecule has 30 heavy (non-hydrogen) atoms. The summed E-state index contributed by atoms with van der Waals surface area (Å²) in [7, 11) is -3.60. The summed E-state index contributed by atoms with van der Waals surface area (Å²) in [6.07, 6.45) is 0. The highest BCUT2D eigenvalue weighted by Gasteiger charge is 2.19. The van der Waals surface area contributed by atoms with Crippen molar-refractivity contribution in [2.75, 3.05) is 6.61 Å². The number of para-hydroxylation sites is 1. The highest BCUT2D eigenvalue weighted by molar-refractivity contribution is 7.89. The fourth-order valence-corrected chi connectivity index (χ4v) is 4.30. The van der Waals surface area contributed by atoms with Gasteiger partial charge in [-0.1, -0.05) is 12.1 Å². The molecule has 0 aliphatic carbocycles. The second-order valence-electron chi connectivity index (χ2n) is 7.25. The van der Waals surface area contributed by atoms with Gasteiger partial charge >= 0.3 is 0 Å². The summed E-state index contributed by atoms with van der Waals surface area (Å²) >= 11 is 0. The van der Waals surface area contributed by atoms with E-state index < -0.39 is 10.0 Å². The van der Waals surface area contributed by atoms with E-state index in [2.05, 4.69) is 10.0 Å². The Morgan fingerprint density at radius 1 is 1.10 bits per heavy atom. The monoisotopic (exact) mass is 430 g/mol. The van der Waals surface area contributed by atoms with Crippen LogP contribution in [0.4, 0.5) is 0 Å². The molecule has 8 heteroatoms. The van der Waals surface area contributed by atoms with Crippen LogP contribution in [0.3, 0.4) is 0 Å². The van der Waals surface area contributed by atoms with E-state index in [0.29, 0.717) is 29.3 Å². The molecule has 0 radical (unpaired) electrons. The third-order valence-corrected chi connectivity index (χ3v) is 6.09. The van der Waals surface area contributed by atoms with Gasteiger partial charge in [-0.05, 0) is 64.1 Å².